The molecule has 9 heteroatoms. The summed E-state index contributed by atoms with van der Waals surface area (Å²) < 4.78 is 16.8. The van der Waals surface area contributed by atoms with Gasteiger partial charge in [-0.1, -0.05) is 22.9 Å². The number of anilines is 1. The van der Waals surface area contributed by atoms with E-state index in [1.165, 1.54) is 28.7 Å². The van der Waals surface area contributed by atoms with Crippen LogP contribution in [0, 0.1) is 5.82 Å². The Balaban J connectivity index is 1.79. The molecule has 4 aromatic rings. The molecule has 3 aromatic heterocycles. The van der Waals surface area contributed by atoms with Gasteiger partial charge < -0.3 is 11.1 Å². The van der Waals surface area contributed by atoms with Gasteiger partial charge in [0.15, 0.2) is 5.82 Å². The van der Waals surface area contributed by atoms with Gasteiger partial charge >= 0.3 is 0 Å². The molecule has 3 N–H and O–H groups in total. The Labute approximate surface area is 149 Å². The number of aromatic nitrogens is 3. The average Bonchev–Trinajstić information content (AvgIpc) is 3.20. The van der Waals surface area contributed by atoms with E-state index in [0.29, 0.717) is 23.6 Å². The molecule has 0 saturated heterocycles. The Morgan fingerprint density at radius 1 is 1.38 bits per heavy atom. The number of nitrogens with zero attached hydrogens (tertiary/aromatic N) is 3. The summed E-state index contributed by atoms with van der Waals surface area (Å²) in [6.07, 6.45) is 1.79. The number of hydrogen-bond acceptors (Lipinski definition) is 6. The Morgan fingerprint density at radius 2 is 2.21 bits per heavy atom. The minimum absolute atomic E-state index is 0.349. The standard InChI is InChI=1S/C15H13ClFN5S2/c1-22-6-8-4-7(5-9(17)11(8)21-22)13-20-15-12(23-13)10(16)14(24-15)19-3-2-18/h4-6,19H,2-3,18H2,1H3. The predicted molar refractivity (Wildman–Crippen MR) is 99.7 cm³/mol. The van der Waals surface area contributed by atoms with Crippen molar-refractivity contribution in [2.75, 3.05) is 18.4 Å². The lowest BCUT2D eigenvalue weighted by atomic mass is 10.1. The zero-order valence-corrected chi connectivity index (χ0v) is 15.0. The molecule has 0 unspecified atom stereocenters. The van der Waals surface area contributed by atoms with Gasteiger partial charge in [-0.3, -0.25) is 4.68 Å². The average molecular weight is 382 g/mol. The van der Waals surface area contributed by atoms with Gasteiger partial charge in [0.05, 0.1) is 9.72 Å². The van der Waals surface area contributed by atoms with Crippen molar-refractivity contribution in [1.29, 1.82) is 0 Å². The van der Waals surface area contributed by atoms with E-state index >= 15 is 0 Å². The number of rotatable bonds is 4. The first-order chi connectivity index (χ1) is 11.6. The number of hydrogen-bond donors (Lipinski definition) is 2. The maximum Gasteiger partial charge on any atom is 0.152 e. The van der Waals surface area contributed by atoms with Crippen molar-refractivity contribution in [2.45, 2.75) is 0 Å². The quantitative estimate of drug-likeness (QED) is 0.559. The molecule has 5 nitrogen and oxygen atoms in total. The summed E-state index contributed by atoms with van der Waals surface area (Å²) in [6, 6.07) is 3.37. The van der Waals surface area contributed by atoms with Crippen LogP contribution in [0.25, 0.3) is 31.0 Å². The predicted octanol–water partition coefficient (Wildman–Crippen LogP) is 4.07. The first-order valence-electron chi connectivity index (χ1n) is 7.23. The topological polar surface area (TPSA) is 68.8 Å². The number of fused-ring (bicyclic) bond motifs is 2. The highest BCUT2D eigenvalue weighted by Gasteiger charge is 2.17. The summed E-state index contributed by atoms with van der Waals surface area (Å²) in [6.45, 7) is 1.19. The highest BCUT2D eigenvalue weighted by Crippen LogP contribution is 2.44. The van der Waals surface area contributed by atoms with Crippen molar-refractivity contribution in [3.05, 3.63) is 29.2 Å². The van der Waals surface area contributed by atoms with Crippen LogP contribution < -0.4 is 11.1 Å². The van der Waals surface area contributed by atoms with E-state index in [1.54, 1.807) is 17.9 Å². The van der Waals surface area contributed by atoms with E-state index in [0.717, 1.165) is 30.5 Å². The smallest absolute Gasteiger partial charge is 0.152 e. The highest BCUT2D eigenvalue weighted by atomic mass is 35.5. The summed E-state index contributed by atoms with van der Waals surface area (Å²) in [5.74, 6) is -0.349. The second-order valence-corrected chi connectivity index (χ2v) is 7.69. The van der Waals surface area contributed by atoms with Gasteiger partial charge in [-0.2, -0.15) is 5.10 Å². The molecule has 0 fully saturated rings. The second-order valence-electron chi connectivity index (χ2n) is 5.31. The van der Waals surface area contributed by atoms with E-state index in [2.05, 4.69) is 15.4 Å². The van der Waals surface area contributed by atoms with Crippen LogP contribution in [0.1, 0.15) is 0 Å². The summed E-state index contributed by atoms with van der Waals surface area (Å²) in [5.41, 5.74) is 6.60. The zero-order chi connectivity index (χ0) is 16.8. The van der Waals surface area contributed by atoms with Crippen molar-refractivity contribution in [3.63, 3.8) is 0 Å². The van der Waals surface area contributed by atoms with E-state index in [1.807, 2.05) is 6.07 Å². The van der Waals surface area contributed by atoms with Gasteiger partial charge in [0.1, 0.15) is 20.4 Å². The van der Waals surface area contributed by atoms with Gasteiger partial charge in [-0.05, 0) is 12.1 Å². The van der Waals surface area contributed by atoms with Crippen LogP contribution >= 0.6 is 34.3 Å². The summed E-state index contributed by atoms with van der Waals surface area (Å²) in [5, 5.41) is 10.3. The van der Waals surface area contributed by atoms with Gasteiger partial charge in [0.2, 0.25) is 0 Å². The molecule has 0 aliphatic rings. The largest absolute Gasteiger partial charge is 0.374 e. The number of aryl methyl sites for hydroxylation is 1. The molecule has 0 saturated carbocycles. The fraction of sp³-hybridized carbons (Fsp3) is 0.200. The number of benzene rings is 1. The van der Waals surface area contributed by atoms with Crippen molar-refractivity contribution < 1.29 is 4.39 Å². The fourth-order valence-electron chi connectivity index (χ4n) is 2.52. The van der Waals surface area contributed by atoms with Crippen molar-refractivity contribution in [2.24, 2.45) is 12.8 Å². The van der Waals surface area contributed by atoms with Crippen LogP contribution in [0.5, 0.6) is 0 Å². The second kappa shape index (κ2) is 5.96. The summed E-state index contributed by atoms with van der Waals surface area (Å²) in [4.78, 5) is 5.45. The third-order valence-corrected chi connectivity index (χ3v) is 6.44. The highest BCUT2D eigenvalue weighted by molar-refractivity contribution is 7.31. The third kappa shape index (κ3) is 2.55. The van der Waals surface area contributed by atoms with E-state index in [9.17, 15) is 4.39 Å². The molecular weight excluding hydrogens is 369 g/mol. The molecule has 0 aliphatic carbocycles. The Hall–Kier alpha value is -1.74. The fourth-order valence-corrected chi connectivity index (χ4v) is 5.11. The van der Waals surface area contributed by atoms with Crippen molar-refractivity contribution >= 4 is 59.7 Å². The lowest BCUT2D eigenvalue weighted by Crippen LogP contribution is -2.12. The first kappa shape index (κ1) is 15.8. The maximum absolute atomic E-state index is 14.3. The summed E-state index contributed by atoms with van der Waals surface area (Å²) >= 11 is 9.35. The first-order valence-corrected chi connectivity index (χ1v) is 9.24. The van der Waals surface area contributed by atoms with E-state index in [-0.39, 0.29) is 5.82 Å². The molecule has 0 aliphatic heterocycles. The zero-order valence-electron chi connectivity index (χ0n) is 12.6. The van der Waals surface area contributed by atoms with Crippen molar-refractivity contribution in [1.82, 2.24) is 14.8 Å². The molecule has 0 atom stereocenters. The van der Waals surface area contributed by atoms with Crippen molar-refractivity contribution in [3.8, 4) is 10.6 Å². The minimum atomic E-state index is -0.349. The monoisotopic (exact) mass is 381 g/mol. The molecule has 3 heterocycles. The van der Waals surface area contributed by atoms with Gasteiger partial charge in [-0.25, -0.2) is 9.37 Å². The number of thiazole rings is 1. The van der Waals surface area contributed by atoms with Crippen LogP contribution in [0.15, 0.2) is 18.3 Å². The normalized spacial score (nSPS) is 11.7. The molecule has 0 amide bonds. The SMILES string of the molecule is Cn1cc2cc(-c3nc4sc(NCCN)c(Cl)c4s3)cc(F)c2n1. The molecule has 0 bridgehead atoms. The molecule has 0 radical (unpaired) electrons. The molecule has 1 aromatic carbocycles. The van der Waals surface area contributed by atoms with Crippen LogP contribution in [0.3, 0.4) is 0 Å². The number of halogens is 2. The van der Waals surface area contributed by atoms with Crippen LogP contribution in [-0.2, 0) is 7.05 Å². The summed E-state index contributed by atoms with van der Waals surface area (Å²) in [7, 11) is 1.77. The van der Waals surface area contributed by atoms with Gasteiger partial charge in [0.25, 0.3) is 0 Å². The molecule has 24 heavy (non-hydrogen) atoms. The molecule has 0 spiro atoms. The van der Waals surface area contributed by atoms with Gasteiger partial charge in [0, 0.05) is 37.3 Å². The number of thiophene rings is 1. The lowest BCUT2D eigenvalue weighted by molar-refractivity contribution is 0.633. The minimum Gasteiger partial charge on any atom is -0.374 e. The van der Waals surface area contributed by atoms with Crippen LogP contribution in [0.4, 0.5) is 9.39 Å². The van der Waals surface area contributed by atoms with E-state index in [4.69, 9.17) is 17.3 Å². The number of nitrogens with one attached hydrogen (secondary N) is 1. The Morgan fingerprint density at radius 3 is 2.96 bits per heavy atom. The van der Waals surface area contributed by atoms with Crippen LogP contribution in [-0.4, -0.2) is 27.9 Å². The van der Waals surface area contributed by atoms with Gasteiger partial charge in [-0.15, -0.1) is 11.3 Å². The Bertz CT molecular complexity index is 1050. The molecule has 4 rings (SSSR count). The Kier molecular flexibility index (Phi) is 3.92. The molecular formula is C15H13ClFN5S2. The van der Waals surface area contributed by atoms with Crippen LogP contribution in [0.2, 0.25) is 5.02 Å². The maximum atomic E-state index is 14.3. The third-order valence-electron chi connectivity index (χ3n) is 3.55. The van der Waals surface area contributed by atoms with E-state index < -0.39 is 0 Å². The lowest BCUT2D eigenvalue weighted by Gasteiger charge is -2.01. The number of nitrogens with two attached hydrogens (primary N) is 1. The molecule has 124 valence electrons.